The Kier molecular flexibility index (Phi) is 9.46. The standard InChI is InChI=1S/C38H52F6N2O9/c1-21-5-7-27-23(29(37(39,40)41)48-31-35(27)25(21)9-11-33(3,50-31)52-54-35)19-46-15-13-45(14-16-46)17-18-47-20-24-28-8-6-22(2)26-10-12-34(4)51-32(36(26,28)55-53-34)49-30(24)38(42,43)44/h21-22,25-28,31-32H,5-20H2,1-4H3/t21-,22-,25+,26+,27+,28+,31-,32-,33+,34+,35-,36-/m1/s1. The summed E-state index contributed by atoms with van der Waals surface area (Å²) >= 11 is 0. The van der Waals surface area contributed by atoms with Crippen LogP contribution in [-0.4, -0.2) is 110 Å². The zero-order valence-electron chi connectivity index (χ0n) is 31.8. The molecule has 0 aromatic rings. The fourth-order valence-corrected chi connectivity index (χ4v) is 11.6. The maximum Gasteiger partial charge on any atom is 0.449 e. The van der Waals surface area contributed by atoms with Gasteiger partial charge in [-0.1, -0.05) is 13.8 Å². The molecule has 2 saturated carbocycles. The van der Waals surface area contributed by atoms with E-state index in [-0.39, 0.29) is 54.6 Å². The van der Waals surface area contributed by atoms with E-state index in [0.29, 0.717) is 71.2 Å². The summed E-state index contributed by atoms with van der Waals surface area (Å²) in [5, 5.41) is 0. The lowest BCUT2D eigenvalue weighted by Gasteiger charge is -2.57. The summed E-state index contributed by atoms with van der Waals surface area (Å²) in [6, 6.07) is 0. The van der Waals surface area contributed by atoms with Crippen molar-refractivity contribution in [2.75, 3.05) is 52.5 Å². The second-order valence-corrected chi connectivity index (χ2v) is 17.8. The Hall–Kier alpha value is -1.70. The van der Waals surface area contributed by atoms with Crippen molar-refractivity contribution < 1.29 is 69.6 Å². The first-order valence-corrected chi connectivity index (χ1v) is 20.0. The van der Waals surface area contributed by atoms with E-state index in [1.807, 2.05) is 4.90 Å². The van der Waals surface area contributed by atoms with Gasteiger partial charge in [0.15, 0.2) is 11.2 Å². The maximum absolute atomic E-state index is 14.7. The molecule has 0 radical (unpaired) electrons. The number of hydrogen-bond acceptors (Lipinski definition) is 11. The van der Waals surface area contributed by atoms with Crippen LogP contribution >= 0.6 is 0 Å². The first-order valence-electron chi connectivity index (χ1n) is 20.0. The molecule has 4 bridgehead atoms. The molecule has 11 nitrogen and oxygen atoms in total. The third kappa shape index (κ3) is 6.27. The van der Waals surface area contributed by atoms with Crippen molar-refractivity contribution in [1.29, 1.82) is 0 Å². The van der Waals surface area contributed by atoms with E-state index in [0.717, 1.165) is 12.8 Å². The number of nitrogens with zero attached hydrogens (tertiary/aromatic N) is 2. The van der Waals surface area contributed by atoms with E-state index in [4.69, 9.17) is 43.2 Å². The third-order valence-electron chi connectivity index (χ3n) is 14.5. The van der Waals surface area contributed by atoms with Gasteiger partial charge in [-0.15, -0.1) is 0 Å². The van der Waals surface area contributed by atoms with Crippen LogP contribution in [0.15, 0.2) is 22.7 Å². The van der Waals surface area contributed by atoms with E-state index < -0.39 is 71.1 Å². The average Bonchev–Trinajstić information content (AvgIpc) is 3.50. The number of alkyl halides is 6. The maximum atomic E-state index is 14.7. The quantitative estimate of drug-likeness (QED) is 0.156. The van der Waals surface area contributed by atoms with Gasteiger partial charge >= 0.3 is 12.4 Å². The van der Waals surface area contributed by atoms with Crippen molar-refractivity contribution in [3.05, 3.63) is 22.7 Å². The highest BCUT2D eigenvalue weighted by atomic mass is 19.4. The first-order chi connectivity index (χ1) is 26.0. The minimum absolute atomic E-state index is 0.0173. The van der Waals surface area contributed by atoms with Gasteiger partial charge in [0.05, 0.1) is 13.2 Å². The minimum Gasteiger partial charge on any atom is -0.456 e. The molecule has 9 fully saturated rings. The van der Waals surface area contributed by atoms with E-state index in [2.05, 4.69) is 18.7 Å². The number of halogens is 6. The van der Waals surface area contributed by atoms with Crippen molar-refractivity contribution >= 4 is 0 Å². The summed E-state index contributed by atoms with van der Waals surface area (Å²) in [5.74, 6) is -5.52. The Morgan fingerprint density at radius 1 is 0.636 bits per heavy atom. The molecule has 7 saturated heterocycles. The fraction of sp³-hybridized carbons (Fsp3) is 0.895. The van der Waals surface area contributed by atoms with Gasteiger partial charge in [0, 0.05) is 81.4 Å². The van der Waals surface area contributed by atoms with Crippen LogP contribution in [0.2, 0.25) is 0 Å². The Labute approximate surface area is 316 Å². The summed E-state index contributed by atoms with van der Waals surface area (Å²) in [5.41, 5.74) is -2.18. The molecule has 55 heavy (non-hydrogen) atoms. The van der Waals surface area contributed by atoms with Crippen LogP contribution < -0.4 is 0 Å². The van der Waals surface area contributed by atoms with Gasteiger partial charge in [0.1, 0.15) is 0 Å². The predicted octanol–water partition coefficient (Wildman–Crippen LogP) is 6.75. The molecule has 0 unspecified atom stereocenters. The van der Waals surface area contributed by atoms with Crippen molar-refractivity contribution in [1.82, 2.24) is 9.80 Å². The number of fused-ring (bicyclic) bond motifs is 4. The lowest BCUT2D eigenvalue weighted by Crippen LogP contribution is -2.68. The van der Waals surface area contributed by atoms with Gasteiger partial charge in [-0.25, -0.2) is 19.6 Å². The van der Waals surface area contributed by atoms with Gasteiger partial charge in [-0.3, -0.25) is 9.80 Å². The Morgan fingerprint density at radius 2 is 1.11 bits per heavy atom. The summed E-state index contributed by atoms with van der Waals surface area (Å²) in [7, 11) is 0. The smallest absolute Gasteiger partial charge is 0.449 e. The Balaban J connectivity index is 0.856. The van der Waals surface area contributed by atoms with Crippen LogP contribution in [0.5, 0.6) is 0 Å². The molecule has 17 heteroatoms. The normalized spacial score (nSPS) is 46.1. The molecule has 11 aliphatic rings. The van der Waals surface area contributed by atoms with Gasteiger partial charge in [-0.05, 0) is 69.8 Å². The summed E-state index contributed by atoms with van der Waals surface area (Å²) in [6.07, 6.45) is -7.17. The van der Waals surface area contributed by atoms with E-state index in [1.54, 1.807) is 13.8 Å². The monoisotopic (exact) mass is 794 g/mol. The zero-order valence-corrected chi connectivity index (χ0v) is 31.8. The van der Waals surface area contributed by atoms with Crippen LogP contribution in [-0.2, 0) is 43.2 Å². The van der Waals surface area contributed by atoms with Crippen molar-refractivity contribution in [2.24, 2.45) is 35.5 Å². The largest absolute Gasteiger partial charge is 0.456 e. The van der Waals surface area contributed by atoms with Crippen molar-refractivity contribution in [3.63, 3.8) is 0 Å². The number of piperazine rings is 1. The number of ether oxygens (including phenoxy) is 5. The minimum atomic E-state index is -4.76. The molecular weight excluding hydrogens is 742 g/mol. The highest BCUT2D eigenvalue weighted by Gasteiger charge is 2.72. The van der Waals surface area contributed by atoms with Crippen molar-refractivity contribution in [2.45, 2.75) is 127 Å². The second kappa shape index (κ2) is 13.4. The van der Waals surface area contributed by atoms with Gasteiger partial charge in [0.2, 0.25) is 35.7 Å². The molecule has 12 atom stereocenters. The lowest BCUT2D eigenvalue weighted by molar-refractivity contribution is -0.558. The van der Waals surface area contributed by atoms with Crippen LogP contribution in [0.3, 0.4) is 0 Å². The summed E-state index contributed by atoms with van der Waals surface area (Å²) in [4.78, 5) is 27.8. The molecule has 0 N–H and O–H groups in total. The highest BCUT2D eigenvalue weighted by molar-refractivity contribution is 5.30. The number of rotatable bonds is 7. The van der Waals surface area contributed by atoms with E-state index in [1.165, 1.54) is 0 Å². The number of allylic oxidation sites excluding steroid dienone is 2. The van der Waals surface area contributed by atoms with Gasteiger partial charge < -0.3 is 23.7 Å². The van der Waals surface area contributed by atoms with E-state index >= 15 is 0 Å². The van der Waals surface area contributed by atoms with Crippen LogP contribution in [0.1, 0.15) is 79.1 Å². The molecule has 0 amide bonds. The molecule has 0 aromatic carbocycles. The summed E-state index contributed by atoms with van der Waals surface area (Å²) in [6.45, 7) is 9.98. The van der Waals surface area contributed by atoms with Crippen molar-refractivity contribution in [3.8, 4) is 0 Å². The topological polar surface area (TPSA) is 89.6 Å². The molecule has 11 rings (SSSR count). The Bertz CT molecular complexity index is 1570. The number of hydrogen-bond donors (Lipinski definition) is 0. The molecular formula is C38H52F6N2O9. The highest BCUT2D eigenvalue weighted by Crippen LogP contribution is 2.63. The third-order valence-corrected chi connectivity index (χ3v) is 14.5. The SMILES string of the molecule is C[C@@H]1CC[C@H]2C(COCCN3CCN(CC4=C(C(F)(F)F)O[C@@H]5O[C@]6(C)CC[C@H]7[C@H](C)CC[C@@H]4[C@@]57OO6)CC3)=C(C(F)(F)F)O[C@@H]3O[C@]4(C)CC[C@@H]1[C@]32OO4. The zero-order chi connectivity index (χ0) is 38.8. The Morgan fingerprint density at radius 3 is 1.62 bits per heavy atom. The van der Waals surface area contributed by atoms with Gasteiger partial charge in [-0.2, -0.15) is 26.3 Å². The predicted molar refractivity (Wildman–Crippen MR) is 178 cm³/mol. The molecule has 2 aliphatic carbocycles. The lowest BCUT2D eigenvalue weighted by atomic mass is 9.59. The summed E-state index contributed by atoms with van der Waals surface area (Å²) < 4.78 is 117. The van der Waals surface area contributed by atoms with Gasteiger partial charge in [0.25, 0.3) is 0 Å². The molecule has 0 aromatic heterocycles. The molecule has 9 heterocycles. The van der Waals surface area contributed by atoms with E-state index in [9.17, 15) is 26.3 Å². The van der Waals surface area contributed by atoms with Crippen LogP contribution in [0.4, 0.5) is 26.3 Å². The van der Waals surface area contributed by atoms with Crippen LogP contribution in [0.25, 0.3) is 0 Å². The molecule has 9 aliphatic heterocycles. The molecule has 2 spiro atoms. The molecule has 310 valence electrons. The first kappa shape index (κ1) is 38.8. The second-order valence-electron chi connectivity index (χ2n) is 17.8. The fourth-order valence-electron chi connectivity index (χ4n) is 11.6. The van der Waals surface area contributed by atoms with Crippen LogP contribution in [0, 0.1) is 35.5 Å². The average molecular weight is 795 g/mol.